The van der Waals surface area contributed by atoms with Gasteiger partial charge in [-0.05, 0) is 45.1 Å². The number of amides is 1. The first-order chi connectivity index (χ1) is 12.0. The van der Waals surface area contributed by atoms with E-state index in [9.17, 15) is 4.79 Å². The van der Waals surface area contributed by atoms with Crippen LogP contribution in [0.2, 0.25) is 5.02 Å². The fraction of sp³-hybridized carbons (Fsp3) is 0.556. The standard InChI is InChI=1S/C18H26ClN5O/c1-23(2)14-7-9-24(11-14)12-18(25)20-8-3-4-17-21-15-6-5-13(19)10-16(15)22-17/h5-6,10,14H,3-4,7-9,11-12H2,1-2H3,(H,20,25)(H,21,22). The molecule has 136 valence electrons. The first kappa shape index (κ1) is 18.2. The molecular weight excluding hydrogens is 338 g/mol. The number of likely N-dealkylation sites (N-methyl/N-ethyl adjacent to an activating group) is 1. The van der Waals surface area contributed by atoms with Gasteiger partial charge in [-0.2, -0.15) is 0 Å². The number of carbonyl (C=O) groups excluding carboxylic acids is 1. The number of likely N-dealkylation sites (tertiary alicyclic amines) is 1. The van der Waals surface area contributed by atoms with Crippen molar-refractivity contribution >= 4 is 28.5 Å². The average molecular weight is 364 g/mol. The van der Waals surface area contributed by atoms with Gasteiger partial charge in [0.25, 0.3) is 0 Å². The van der Waals surface area contributed by atoms with Crippen molar-refractivity contribution in [3.05, 3.63) is 29.0 Å². The minimum atomic E-state index is 0.107. The molecule has 1 aromatic carbocycles. The van der Waals surface area contributed by atoms with Crippen molar-refractivity contribution < 1.29 is 4.79 Å². The second-order valence-electron chi connectivity index (χ2n) is 6.94. The molecule has 6 nitrogen and oxygen atoms in total. The lowest BCUT2D eigenvalue weighted by atomic mass is 10.2. The summed E-state index contributed by atoms with van der Waals surface area (Å²) in [5.74, 6) is 1.04. The number of fused-ring (bicyclic) bond motifs is 1. The molecule has 0 radical (unpaired) electrons. The Morgan fingerprint density at radius 1 is 1.48 bits per heavy atom. The van der Waals surface area contributed by atoms with Gasteiger partial charge in [0.05, 0.1) is 17.6 Å². The molecule has 2 aromatic rings. The quantitative estimate of drug-likeness (QED) is 0.737. The van der Waals surface area contributed by atoms with Crippen LogP contribution in [0.5, 0.6) is 0 Å². The van der Waals surface area contributed by atoms with Gasteiger partial charge in [0.2, 0.25) is 5.91 Å². The van der Waals surface area contributed by atoms with Crippen molar-refractivity contribution in [3.63, 3.8) is 0 Å². The number of aryl methyl sites for hydroxylation is 1. The Bertz CT molecular complexity index is 729. The van der Waals surface area contributed by atoms with Crippen molar-refractivity contribution in [2.45, 2.75) is 25.3 Å². The first-order valence-corrected chi connectivity index (χ1v) is 9.18. The lowest BCUT2D eigenvalue weighted by molar-refractivity contribution is -0.122. The summed E-state index contributed by atoms with van der Waals surface area (Å²) in [6, 6.07) is 6.20. The van der Waals surface area contributed by atoms with Gasteiger partial charge in [0.15, 0.2) is 0 Å². The molecule has 1 atom stereocenters. The molecule has 25 heavy (non-hydrogen) atoms. The minimum Gasteiger partial charge on any atom is -0.355 e. The fourth-order valence-electron chi connectivity index (χ4n) is 3.27. The third-order valence-electron chi connectivity index (χ3n) is 4.75. The van der Waals surface area contributed by atoms with Gasteiger partial charge >= 0.3 is 0 Å². The van der Waals surface area contributed by atoms with E-state index >= 15 is 0 Å². The molecule has 1 amide bonds. The van der Waals surface area contributed by atoms with E-state index in [0.717, 1.165) is 49.2 Å². The van der Waals surface area contributed by atoms with Crippen LogP contribution in [0.4, 0.5) is 0 Å². The summed E-state index contributed by atoms with van der Waals surface area (Å²) in [5, 5.41) is 3.71. The number of hydrogen-bond donors (Lipinski definition) is 2. The van der Waals surface area contributed by atoms with E-state index in [1.807, 2.05) is 18.2 Å². The van der Waals surface area contributed by atoms with Crippen LogP contribution in [0, 0.1) is 0 Å². The van der Waals surface area contributed by atoms with Crippen molar-refractivity contribution in [3.8, 4) is 0 Å². The van der Waals surface area contributed by atoms with Crippen molar-refractivity contribution in [2.75, 3.05) is 40.3 Å². The zero-order valence-corrected chi connectivity index (χ0v) is 15.6. The maximum atomic E-state index is 12.1. The third-order valence-corrected chi connectivity index (χ3v) is 4.99. The molecule has 0 spiro atoms. The molecule has 1 aliphatic rings. The maximum Gasteiger partial charge on any atom is 0.234 e. The molecule has 2 N–H and O–H groups in total. The molecule has 0 bridgehead atoms. The summed E-state index contributed by atoms with van der Waals surface area (Å²) in [6.45, 7) is 3.13. The highest BCUT2D eigenvalue weighted by molar-refractivity contribution is 6.31. The van der Waals surface area contributed by atoms with Crippen LogP contribution in [0.3, 0.4) is 0 Å². The Morgan fingerprint density at radius 3 is 3.08 bits per heavy atom. The third kappa shape index (κ3) is 4.93. The Balaban J connectivity index is 1.37. The smallest absolute Gasteiger partial charge is 0.234 e. The van der Waals surface area contributed by atoms with Crippen LogP contribution < -0.4 is 5.32 Å². The van der Waals surface area contributed by atoms with Crippen LogP contribution in [0.1, 0.15) is 18.7 Å². The zero-order chi connectivity index (χ0) is 17.8. The molecule has 1 unspecified atom stereocenters. The number of nitrogens with zero attached hydrogens (tertiary/aromatic N) is 3. The monoisotopic (exact) mass is 363 g/mol. The van der Waals surface area contributed by atoms with E-state index in [0.29, 0.717) is 24.2 Å². The van der Waals surface area contributed by atoms with Gasteiger partial charge in [-0.25, -0.2) is 4.98 Å². The van der Waals surface area contributed by atoms with Gasteiger partial charge in [0.1, 0.15) is 5.82 Å². The topological polar surface area (TPSA) is 64.3 Å². The largest absolute Gasteiger partial charge is 0.355 e. The molecular formula is C18H26ClN5O. The number of aromatic nitrogens is 2. The van der Waals surface area contributed by atoms with Crippen LogP contribution in [0.25, 0.3) is 11.0 Å². The predicted octanol–water partition coefficient (Wildman–Crippen LogP) is 1.90. The van der Waals surface area contributed by atoms with Gasteiger partial charge in [-0.15, -0.1) is 0 Å². The van der Waals surface area contributed by atoms with Crippen molar-refractivity contribution in [1.82, 2.24) is 25.1 Å². The molecule has 3 rings (SSSR count). The van der Waals surface area contributed by atoms with Crippen LogP contribution in [0.15, 0.2) is 18.2 Å². The SMILES string of the molecule is CN(C)C1CCN(CC(=O)NCCCc2nc3ccc(Cl)cc3[nH]2)C1. The summed E-state index contributed by atoms with van der Waals surface area (Å²) >= 11 is 5.98. The number of carbonyl (C=O) groups is 1. The van der Waals surface area contributed by atoms with Crippen LogP contribution in [-0.2, 0) is 11.2 Å². The Morgan fingerprint density at radius 2 is 2.32 bits per heavy atom. The van der Waals surface area contributed by atoms with E-state index in [1.165, 1.54) is 0 Å². The number of halogens is 1. The maximum absolute atomic E-state index is 12.1. The number of aromatic amines is 1. The molecule has 2 heterocycles. The van der Waals surface area contributed by atoms with Gasteiger partial charge in [-0.3, -0.25) is 9.69 Å². The fourth-order valence-corrected chi connectivity index (χ4v) is 3.45. The molecule has 1 aliphatic heterocycles. The number of benzene rings is 1. The number of nitrogens with one attached hydrogen (secondary N) is 2. The van der Waals surface area contributed by atoms with Gasteiger partial charge < -0.3 is 15.2 Å². The van der Waals surface area contributed by atoms with E-state index in [2.05, 4.69) is 39.2 Å². The molecule has 1 fully saturated rings. The van der Waals surface area contributed by atoms with E-state index in [4.69, 9.17) is 11.6 Å². The Hall–Kier alpha value is -1.63. The van der Waals surface area contributed by atoms with Crippen LogP contribution >= 0.6 is 11.6 Å². The molecule has 0 aliphatic carbocycles. The Labute approximate surface area is 153 Å². The highest BCUT2D eigenvalue weighted by Crippen LogP contribution is 2.17. The van der Waals surface area contributed by atoms with E-state index < -0.39 is 0 Å². The predicted molar refractivity (Wildman–Crippen MR) is 101 cm³/mol. The number of rotatable bonds is 7. The second kappa shape index (κ2) is 8.17. The number of hydrogen-bond acceptors (Lipinski definition) is 4. The minimum absolute atomic E-state index is 0.107. The average Bonchev–Trinajstić information content (AvgIpc) is 3.17. The van der Waals surface area contributed by atoms with E-state index in [1.54, 1.807) is 0 Å². The number of H-pyrrole nitrogens is 1. The first-order valence-electron chi connectivity index (χ1n) is 8.81. The Kier molecular flexibility index (Phi) is 5.93. The second-order valence-corrected chi connectivity index (χ2v) is 7.38. The number of imidazole rings is 1. The summed E-state index contributed by atoms with van der Waals surface area (Å²) in [6.07, 6.45) is 2.80. The summed E-state index contributed by atoms with van der Waals surface area (Å²) < 4.78 is 0. The highest BCUT2D eigenvalue weighted by Gasteiger charge is 2.24. The van der Waals surface area contributed by atoms with Crippen molar-refractivity contribution in [1.29, 1.82) is 0 Å². The normalized spacial score (nSPS) is 18.3. The lowest BCUT2D eigenvalue weighted by Gasteiger charge is -2.20. The van der Waals surface area contributed by atoms with Gasteiger partial charge in [0, 0.05) is 37.1 Å². The van der Waals surface area contributed by atoms with Gasteiger partial charge in [-0.1, -0.05) is 11.6 Å². The van der Waals surface area contributed by atoms with Crippen molar-refractivity contribution in [2.24, 2.45) is 0 Å². The summed E-state index contributed by atoms with van der Waals surface area (Å²) in [5.41, 5.74) is 1.88. The molecule has 0 saturated carbocycles. The molecule has 1 saturated heterocycles. The van der Waals surface area contributed by atoms with Crippen LogP contribution in [-0.4, -0.2) is 72.0 Å². The summed E-state index contributed by atoms with van der Waals surface area (Å²) in [4.78, 5) is 24.3. The molecule has 7 heteroatoms. The van der Waals surface area contributed by atoms with E-state index in [-0.39, 0.29) is 5.91 Å². The molecule has 1 aromatic heterocycles. The summed E-state index contributed by atoms with van der Waals surface area (Å²) in [7, 11) is 4.19. The highest BCUT2D eigenvalue weighted by atomic mass is 35.5. The zero-order valence-electron chi connectivity index (χ0n) is 14.9. The lowest BCUT2D eigenvalue weighted by Crippen LogP contribution is -2.38.